The number of hydrogen-bond donors (Lipinski definition) is 2. The molecule has 0 aliphatic carbocycles. The maximum Gasteiger partial charge on any atom is 0.317 e. The van der Waals surface area contributed by atoms with Gasteiger partial charge in [-0.1, -0.05) is 42.5 Å². The van der Waals surface area contributed by atoms with Crippen LogP contribution in [0.3, 0.4) is 0 Å². The first kappa shape index (κ1) is 21.3. The maximum absolute atomic E-state index is 12.9. The summed E-state index contributed by atoms with van der Waals surface area (Å²) >= 11 is 0. The Hall–Kier alpha value is -3.45. The molecule has 3 aromatic rings. The number of hydrogen-bond acceptors (Lipinski definition) is 5. The molecule has 2 aromatic carbocycles. The molecule has 7 nitrogen and oxygen atoms in total. The summed E-state index contributed by atoms with van der Waals surface area (Å²) in [6, 6.07) is 17.1. The van der Waals surface area contributed by atoms with E-state index < -0.39 is 29.3 Å². The van der Waals surface area contributed by atoms with Crippen molar-refractivity contribution in [3.8, 4) is 5.69 Å². The van der Waals surface area contributed by atoms with Gasteiger partial charge in [-0.2, -0.15) is 5.10 Å². The highest BCUT2D eigenvalue weighted by molar-refractivity contribution is 5.87. The number of rotatable bonds is 7. The van der Waals surface area contributed by atoms with Gasteiger partial charge < -0.3 is 15.6 Å². The Balaban J connectivity index is 2.09. The highest BCUT2D eigenvalue weighted by Gasteiger charge is 2.49. The summed E-state index contributed by atoms with van der Waals surface area (Å²) in [5.74, 6) is -2.98. The van der Waals surface area contributed by atoms with Gasteiger partial charge in [0.15, 0.2) is 0 Å². The number of carboxylic acids is 1. The van der Waals surface area contributed by atoms with Crippen LogP contribution in [0.25, 0.3) is 5.69 Å². The molecule has 1 aromatic heterocycles. The number of aromatic nitrogens is 2. The maximum atomic E-state index is 12.9. The summed E-state index contributed by atoms with van der Waals surface area (Å²) in [7, 11) is 1.27. The lowest BCUT2D eigenvalue weighted by Gasteiger charge is -2.36. The third-order valence-electron chi connectivity index (χ3n) is 5.55. The van der Waals surface area contributed by atoms with Gasteiger partial charge in [-0.05, 0) is 43.2 Å². The molecule has 0 saturated heterocycles. The van der Waals surface area contributed by atoms with Gasteiger partial charge in [0.1, 0.15) is 11.3 Å². The van der Waals surface area contributed by atoms with E-state index in [2.05, 4.69) is 5.10 Å². The number of benzene rings is 2. The lowest BCUT2D eigenvalue weighted by atomic mass is 9.69. The fourth-order valence-electron chi connectivity index (χ4n) is 3.82. The second-order valence-corrected chi connectivity index (χ2v) is 7.37. The van der Waals surface area contributed by atoms with Crippen molar-refractivity contribution in [1.82, 2.24) is 9.78 Å². The van der Waals surface area contributed by atoms with E-state index in [0.29, 0.717) is 5.56 Å². The van der Waals surface area contributed by atoms with Gasteiger partial charge >= 0.3 is 11.9 Å². The third-order valence-corrected chi connectivity index (χ3v) is 5.55. The monoisotopic (exact) mass is 407 g/mol. The fraction of sp³-hybridized carbons (Fsp3) is 0.261. The van der Waals surface area contributed by atoms with Gasteiger partial charge in [-0.3, -0.25) is 9.59 Å². The zero-order valence-corrected chi connectivity index (χ0v) is 17.1. The van der Waals surface area contributed by atoms with Crippen molar-refractivity contribution >= 4 is 11.9 Å². The second-order valence-electron chi connectivity index (χ2n) is 7.37. The second kappa shape index (κ2) is 8.51. The highest BCUT2D eigenvalue weighted by atomic mass is 16.5. The smallest absolute Gasteiger partial charge is 0.317 e. The molecule has 0 bridgehead atoms. The number of para-hydroxylation sites is 1. The van der Waals surface area contributed by atoms with E-state index in [9.17, 15) is 14.7 Å². The standard InChI is InChI=1S/C23H25N3O4/c1-15-9-7-8-12-17(15)23(2,22(29)30-3)20(24)19(21(27)28)18-13-14-26(25-18)16-10-5-4-6-11-16/h4-14,19-20H,24H2,1-3H3,(H,27,28). The number of nitrogens with two attached hydrogens (primary N) is 1. The zero-order chi connectivity index (χ0) is 21.9. The van der Waals surface area contributed by atoms with E-state index in [-0.39, 0.29) is 5.69 Å². The van der Waals surface area contributed by atoms with Crippen LogP contribution >= 0.6 is 0 Å². The minimum Gasteiger partial charge on any atom is -0.481 e. The fourth-order valence-corrected chi connectivity index (χ4v) is 3.82. The average molecular weight is 407 g/mol. The molecule has 1 heterocycles. The Morgan fingerprint density at radius 1 is 1.10 bits per heavy atom. The van der Waals surface area contributed by atoms with E-state index in [1.165, 1.54) is 7.11 Å². The quantitative estimate of drug-likeness (QED) is 0.583. The van der Waals surface area contributed by atoms with Crippen molar-refractivity contribution in [2.75, 3.05) is 7.11 Å². The van der Waals surface area contributed by atoms with Crippen molar-refractivity contribution < 1.29 is 19.4 Å². The van der Waals surface area contributed by atoms with Crippen LogP contribution in [0, 0.1) is 6.92 Å². The van der Waals surface area contributed by atoms with Gasteiger partial charge in [0, 0.05) is 12.2 Å². The normalized spacial score (nSPS) is 15.1. The van der Waals surface area contributed by atoms with Crippen LogP contribution in [-0.2, 0) is 19.7 Å². The Bertz CT molecular complexity index is 1050. The molecule has 3 unspecified atom stereocenters. The summed E-state index contributed by atoms with van der Waals surface area (Å²) < 4.78 is 6.63. The molecule has 7 heteroatoms. The van der Waals surface area contributed by atoms with Crippen LogP contribution in [0.15, 0.2) is 66.9 Å². The van der Waals surface area contributed by atoms with Crippen molar-refractivity contribution in [1.29, 1.82) is 0 Å². The van der Waals surface area contributed by atoms with Crippen LogP contribution < -0.4 is 5.73 Å². The van der Waals surface area contributed by atoms with Crippen molar-refractivity contribution in [2.45, 2.75) is 31.2 Å². The number of nitrogens with zero attached hydrogens (tertiary/aromatic N) is 2. The first-order valence-corrected chi connectivity index (χ1v) is 9.54. The third kappa shape index (κ3) is 3.71. The molecule has 3 N–H and O–H groups in total. The molecule has 0 amide bonds. The highest BCUT2D eigenvalue weighted by Crippen LogP contribution is 2.37. The van der Waals surface area contributed by atoms with E-state index >= 15 is 0 Å². The minimum atomic E-state index is -1.39. The Kier molecular flexibility index (Phi) is 6.03. The number of esters is 1. The van der Waals surface area contributed by atoms with E-state index in [4.69, 9.17) is 10.5 Å². The summed E-state index contributed by atoms with van der Waals surface area (Å²) in [6.45, 7) is 3.47. The Labute approximate surface area is 175 Å². The van der Waals surface area contributed by atoms with Crippen LogP contribution in [0.5, 0.6) is 0 Å². The molecule has 3 atom stereocenters. The molecule has 3 rings (SSSR count). The lowest BCUT2D eigenvalue weighted by molar-refractivity contribution is -0.149. The van der Waals surface area contributed by atoms with Crippen LogP contribution in [0.2, 0.25) is 0 Å². The van der Waals surface area contributed by atoms with Crippen molar-refractivity contribution in [3.63, 3.8) is 0 Å². The topological polar surface area (TPSA) is 107 Å². The molecule has 0 radical (unpaired) electrons. The molecule has 156 valence electrons. The molecular weight excluding hydrogens is 382 g/mol. The van der Waals surface area contributed by atoms with Gasteiger partial charge in [0.2, 0.25) is 0 Å². The Morgan fingerprint density at radius 3 is 2.33 bits per heavy atom. The molecule has 0 aliphatic heterocycles. The Morgan fingerprint density at radius 2 is 1.73 bits per heavy atom. The molecule has 0 spiro atoms. The number of carbonyl (C=O) groups excluding carboxylic acids is 1. The average Bonchev–Trinajstić information content (AvgIpc) is 3.23. The number of ether oxygens (including phenoxy) is 1. The molecule has 0 saturated carbocycles. The molecule has 0 aliphatic rings. The van der Waals surface area contributed by atoms with Crippen molar-refractivity contribution in [2.24, 2.45) is 5.73 Å². The number of methoxy groups -OCH3 is 1. The summed E-state index contributed by atoms with van der Waals surface area (Å²) in [5.41, 5.74) is 7.63. The van der Waals surface area contributed by atoms with Gasteiger partial charge in [0.05, 0.1) is 18.5 Å². The molecule has 0 fully saturated rings. The minimum absolute atomic E-state index is 0.266. The van der Waals surface area contributed by atoms with Gasteiger partial charge in [-0.15, -0.1) is 0 Å². The van der Waals surface area contributed by atoms with Crippen LogP contribution in [0.4, 0.5) is 0 Å². The first-order chi connectivity index (χ1) is 14.3. The molecule has 30 heavy (non-hydrogen) atoms. The number of carbonyl (C=O) groups is 2. The summed E-state index contributed by atoms with van der Waals surface area (Å²) in [4.78, 5) is 25.2. The van der Waals surface area contributed by atoms with Crippen LogP contribution in [0.1, 0.15) is 29.7 Å². The number of aryl methyl sites for hydroxylation is 1. The first-order valence-electron chi connectivity index (χ1n) is 9.54. The SMILES string of the molecule is COC(=O)C(C)(c1ccccc1C)C(N)C(C(=O)O)c1ccn(-c2ccccc2)n1. The lowest BCUT2D eigenvalue weighted by Crippen LogP contribution is -2.54. The van der Waals surface area contributed by atoms with Crippen molar-refractivity contribution in [3.05, 3.63) is 83.7 Å². The van der Waals surface area contributed by atoms with E-state index in [0.717, 1.165) is 11.3 Å². The predicted octanol–water partition coefficient (Wildman–Crippen LogP) is 2.81. The summed E-state index contributed by atoms with van der Waals surface area (Å²) in [6.07, 6.45) is 1.68. The van der Waals surface area contributed by atoms with Crippen LogP contribution in [-0.4, -0.2) is 40.0 Å². The van der Waals surface area contributed by atoms with E-state index in [1.807, 2.05) is 49.4 Å². The number of carboxylic acid groups (broad SMARTS) is 1. The largest absolute Gasteiger partial charge is 0.481 e. The number of aliphatic carboxylic acids is 1. The molecular formula is C23H25N3O4. The summed E-state index contributed by atoms with van der Waals surface area (Å²) in [5, 5.41) is 14.5. The predicted molar refractivity (Wildman–Crippen MR) is 112 cm³/mol. The van der Waals surface area contributed by atoms with Gasteiger partial charge in [-0.25, -0.2) is 4.68 Å². The van der Waals surface area contributed by atoms with Gasteiger partial charge in [0.25, 0.3) is 0 Å². The van der Waals surface area contributed by atoms with E-state index in [1.54, 1.807) is 36.0 Å². The zero-order valence-electron chi connectivity index (χ0n) is 17.1.